The molecule has 2 atom stereocenters. The van der Waals surface area contributed by atoms with E-state index in [1.807, 2.05) is 7.05 Å². The van der Waals surface area contributed by atoms with E-state index in [-0.39, 0.29) is 6.10 Å². The maximum absolute atomic E-state index is 5.46. The number of hydrogen-bond donors (Lipinski definition) is 2. The van der Waals surface area contributed by atoms with Crippen molar-refractivity contribution in [1.29, 1.82) is 0 Å². The Balaban J connectivity index is 2.13. The van der Waals surface area contributed by atoms with Crippen molar-refractivity contribution in [3.05, 3.63) is 10.8 Å². The van der Waals surface area contributed by atoms with Crippen molar-refractivity contribution in [3.63, 3.8) is 0 Å². The smallest absolute Gasteiger partial charge is 0.146 e. The van der Waals surface area contributed by atoms with Gasteiger partial charge in [-0.3, -0.25) is 0 Å². The summed E-state index contributed by atoms with van der Waals surface area (Å²) in [5, 5.41) is 6.44. The molecule has 1 aromatic heterocycles. The van der Waals surface area contributed by atoms with Gasteiger partial charge >= 0.3 is 0 Å². The molecule has 0 bridgehead atoms. The first-order valence-electron chi connectivity index (χ1n) is 5.74. The monoisotopic (exact) mass is 300 g/mol. The highest BCUT2D eigenvalue weighted by molar-refractivity contribution is 9.10. The molecule has 0 spiro atoms. The minimum Gasteiger partial charge on any atom is -0.379 e. The standard InChI is InChI=1S/C11H17BrN4O/c1-13-10-9(12)11(15-6-14-10)16-7-4-3-5-8(7)17-2/h6-8H,3-5H2,1-2H3,(H2,13,14,15,16). The average molecular weight is 301 g/mol. The lowest BCUT2D eigenvalue weighted by molar-refractivity contribution is 0.101. The molecule has 1 fully saturated rings. The molecular weight excluding hydrogens is 284 g/mol. The first kappa shape index (κ1) is 12.6. The number of ether oxygens (including phenoxy) is 1. The first-order valence-corrected chi connectivity index (χ1v) is 6.53. The fourth-order valence-corrected chi connectivity index (χ4v) is 2.71. The minimum absolute atomic E-state index is 0.273. The molecule has 0 aromatic carbocycles. The van der Waals surface area contributed by atoms with Gasteiger partial charge in [-0.05, 0) is 35.2 Å². The van der Waals surface area contributed by atoms with E-state index in [9.17, 15) is 0 Å². The number of nitrogens with zero attached hydrogens (tertiary/aromatic N) is 2. The van der Waals surface area contributed by atoms with E-state index < -0.39 is 0 Å². The zero-order chi connectivity index (χ0) is 12.3. The van der Waals surface area contributed by atoms with Gasteiger partial charge in [0.1, 0.15) is 22.4 Å². The number of nitrogens with one attached hydrogen (secondary N) is 2. The summed E-state index contributed by atoms with van der Waals surface area (Å²) in [4.78, 5) is 8.39. The molecule has 1 aromatic rings. The fraction of sp³-hybridized carbons (Fsp3) is 0.636. The Morgan fingerprint density at radius 3 is 2.82 bits per heavy atom. The van der Waals surface area contributed by atoms with Gasteiger partial charge in [-0.2, -0.15) is 0 Å². The number of methoxy groups -OCH3 is 1. The summed E-state index contributed by atoms with van der Waals surface area (Å²) in [6.07, 6.45) is 5.24. The van der Waals surface area contributed by atoms with Gasteiger partial charge in [-0.15, -0.1) is 0 Å². The van der Waals surface area contributed by atoms with E-state index in [2.05, 4.69) is 36.5 Å². The van der Waals surface area contributed by atoms with Gasteiger partial charge in [0.05, 0.1) is 12.1 Å². The molecule has 2 N–H and O–H groups in total. The summed E-state index contributed by atoms with van der Waals surface area (Å²) in [5.41, 5.74) is 0. The van der Waals surface area contributed by atoms with Crippen LogP contribution in [0.5, 0.6) is 0 Å². The van der Waals surface area contributed by atoms with E-state index in [1.165, 1.54) is 6.42 Å². The molecule has 1 heterocycles. The maximum atomic E-state index is 5.46. The maximum Gasteiger partial charge on any atom is 0.146 e. The second kappa shape index (κ2) is 5.64. The Kier molecular flexibility index (Phi) is 4.17. The van der Waals surface area contributed by atoms with Crippen LogP contribution < -0.4 is 10.6 Å². The zero-order valence-corrected chi connectivity index (χ0v) is 11.6. The highest BCUT2D eigenvalue weighted by atomic mass is 79.9. The Morgan fingerprint density at radius 2 is 2.12 bits per heavy atom. The fourth-order valence-electron chi connectivity index (χ4n) is 2.19. The van der Waals surface area contributed by atoms with Crippen molar-refractivity contribution < 1.29 is 4.74 Å². The van der Waals surface area contributed by atoms with Crippen molar-refractivity contribution in [2.75, 3.05) is 24.8 Å². The highest BCUT2D eigenvalue weighted by Crippen LogP contribution is 2.30. The van der Waals surface area contributed by atoms with Gasteiger partial charge in [-0.25, -0.2) is 9.97 Å². The molecule has 1 aliphatic rings. The third-order valence-corrected chi connectivity index (χ3v) is 3.85. The normalized spacial score (nSPS) is 23.7. The lowest BCUT2D eigenvalue weighted by Gasteiger charge is -2.21. The summed E-state index contributed by atoms with van der Waals surface area (Å²) in [6.45, 7) is 0. The van der Waals surface area contributed by atoms with Gasteiger partial charge in [0.25, 0.3) is 0 Å². The quantitative estimate of drug-likeness (QED) is 0.893. The molecule has 0 radical (unpaired) electrons. The first-order chi connectivity index (χ1) is 8.26. The summed E-state index contributed by atoms with van der Waals surface area (Å²) < 4.78 is 6.32. The van der Waals surface area contributed by atoms with Gasteiger partial charge in [0, 0.05) is 14.2 Å². The largest absolute Gasteiger partial charge is 0.379 e. The minimum atomic E-state index is 0.273. The van der Waals surface area contributed by atoms with Crippen LogP contribution in [0.3, 0.4) is 0 Å². The zero-order valence-electron chi connectivity index (χ0n) is 10.0. The summed E-state index contributed by atoms with van der Waals surface area (Å²) in [7, 11) is 3.60. The van der Waals surface area contributed by atoms with Gasteiger partial charge in [0.15, 0.2) is 0 Å². The molecule has 0 aliphatic heterocycles. The number of rotatable bonds is 4. The Morgan fingerprint density at radius 1 is 1.35 bits per heavy atom. The lowest BCUT2D eigenvalue weighted by Crippen LogP contribution is -2.30. The predicted molar refractivity (Wildman–Crippen MR) is 71.3 cm³/mol. The number of halogens is 1. The van der Waals surface area contributed by atoms with Crippen LogP contribution >= 0.6 is 15.9 Å². The van der Waals surface area contributed by atoms with E-state index in [1.54, 1.807) is 13.4 Å². The van der Waals surface area contributed by atoms with E-state index >= 15 is 0 Å². The third kappa shape index (κ3) is 2.69. The van der Waals surface area contributed by atoms with Crippen molar-refractivity contribution >= 4 is 27.6 Å². The van der Waals surface area contributed by atoms with Crippen molar-refractivity contribution in [2.24, 2.45) is 0 Å². The molecule has 2 rings (SSSR count). The molecular formula is C11H17BrN4O. The van der Waals surface area contributed by atoms with Crippen LogP contribution in [0.1, 0.15) is 19.3 Å². The Hall–Kier alpha value is -0.880. The van der Waals surface area contributed by atoms with Crippen LogP contribution in [0.25, 0.3) is 0 Å². The Labute approximate surface area is 110 Å². The van der Waals surface area contributed by atoms with Gasteiger partial charge < -0.3 is 15.4 Å². The SMILES string of the molecule is CNc1ncnc(NC2CCCC2OC)c1Br. The highest BCUT2D eigenvalue weighted by Gasteiger charge is 2.27. The van der Waals surface area contributed by atoms with Crippen molar-refractivity contribution in [2.45, 2.75) is 31.4 Å². The molecule has 0 amide bonds. The van der Waals surface area contributed by atoms with Crippen LogP contribution in [0.4, 0.5) is 11.6 Å². The second-order valence-corrected chi connectivity index (χ2v) is 4.88. The topological polar surface area (TPSA) is 59.1 Å². The molecule has 5 nitrogen and oxygen atoms in total. The summed E-state index contributed by atoms with van der Waals surface area (Å²) >= 11 is 3.50. The molecule has 1 aliphatic carbocycles. The summed E-state index contributed by atoms with van der Waals surface area (Å²) in [6, 6.07) is 0.330. The van der Waals surface area contributed by atoms with Crippen molar-refractivity contribution in [1.82, 2.24) is 9.97 Å². The van der Waals surface area contributed by atoms with E-state index in [0.717, 1.165) is 29.0 Å². The van der Waals surface area contributed by atoms with E-state index in [0.29, 0.717) is 6.04 Å². The van der Waals surface area contributed by atoms with Crippen LogP contribution in [0, 0.1) is 0 Å². The van der Waals surface area contributed by atoms with Gasteiger partial charge in [0.2, 0.25) is 0 Å². The van der Waals surface area contributed by atoms with Crippen LogP contribution in [-0.4, -0.2) is 36.3 Å². The molecule has 17 heavy (non-hydrogen) atoms. The van der Waals surface area contributed by atoms with Crippen LogP contribution in [0.15, 0.2) is 10.8 Å². The molecule has 1 saturated carbocycles. The molecule has 6 heteroatoms. The van der Waals surface area contributed by atoms with Crippen LogP contribution in [0.2, 0.25) is 0 Å². The molecule has 2 unspecified atom stereocenters. The Bertz CT molecular complexity index is 388. The van der Waals surface area contributed by atoms with Gasteiger partial charge in [-0.1, -0.05) is 0 Å². The molecule has 94 valence electrons. The molecule has 0 saturated heterocycles. The predicted octanol–water partition coefficient (Wildman–Crippen LogP) is 2.26. The van der Waals surface area contributed by atoms with Crippen LogP contribution in [-0.2, 0) is 4.74 Å². The number of aromatic nitrogens is 2. The van der Waals surface area contributed by atoms with E-state index in [4.69, 9.17) is 4.74 Å². The van der Waals surface area contributed by atoms with Crippen molar-refractivity contribution in [3.8, 4) is 0 Å². The lowest BCUT2D eigenvalue weighted by atomic mass is 10.2. The average Bonchev–Trinajstić information content (AvgIpc) is 2.79. The number of anilines is 2. The number of hydrogen-bond acceptors (Lipinski definition) is 5. The second-order valence-electron chi connectivity index (χ2n) is 4.09. The summed E-state index contributed by atoms with van der Waals surface area (Å²) in [5.74, 6) is 1.60. The third-order valence-electron chi connectivity index (χ3n) is 3.10.